The average molecular weight is 266 g/mol. The van der Waals surface area contributed by atoms with E-state index in [1.165, 1.54) is 14.2 Å². The summed E-state index contributed by atoms with van der Waals surface area (Å²) in [6, 6.07) is 5.12. The monoisotopic (exact) mass is 265 g/mol. The number of nitrogens with two attached hydrogens (primary N) is 1. The molecule has 5 nitrogen and oxygen atoms in total. The van der Waals surface area contributed by atoms with Crippen LogP contribution in [0.3, 0.4) is 0 Å². The van der Waals surface area contributed by atoms with E-state index in [0.717, 1.165) is 0 Å². The molecule has 0 aliphatic heterocycles. The van der Waals surface area contributed by atoms with Crippen LogP contribution in [0.25, 0.3) is 11.4 Å². The van der Waals surface area contributed by atoms with E-state index >= 15 is 0 Å². The third-order valence-corrected chi connectivity index (χ3v) is 2.76. The molecule has 0 saturated carbocycles. The predicted octanol–water partition coefficient (Wildman–Crippen LogP) is 2.40. The van der Waals surface area contributed by atoms with Gasteiger partial charge in [0.2, 0.25) is 0 Å². The smallest absolute Gasteiger partial charge is 0.165 e. The number of hydrogen-bond donors (Lipinski definition) is 1. The topological polar surface area (TPSA) is 70.3 Å². The summed E-state index contributed by atoms with van der Waals surface area (Å²) in [6.07, 6.45) is 1.58. The number of anilines is 1. The standard InChI is InChI=1S/C12H12ClN3O2/c1-17-8-4-3-7(11(18-2)10(8)13)12-15-6-5-9(14)16-12/h3-6H,1-2H3,(H2,14,15,16). The van der Waals surface area contributed by atoms with Gasteiger partial charge in [0, 0.05) is 6.20 Å². The van der Waals surface area contributed by atoms with E-state index in [1.807, 2.05) is 0 Å². The van der Waals surface area contributed by atoms with Crippen LogP contribution in [0, 0.1) is 0 Å². The fraction of sp³-hybridized carbons (Fsp3) is 0.167. The summed E-state index contributed by atoms with van der Waals surface area (Å²) in [4.78, 5) is 8.28. The molecule has 18 heavy (non-hydrogen) atoms. The van der Waals surface area contributed by atoms with Crippen molar-refractivity contribution in [3.05, 3.63) is 29.4 Å². The van der Waals surface area contributed by atoms with Crippen LogP contribution in [0.2, 0.25) is 5.02 Å². The van der Waals surface area contributed by atoms with Crippen LogP contribution in [0.5, 0.6) is 11.5 Å². The number of rotatable bonds is 3. The van der Waals surface area contributed by atoms with Gasteiger partial charge < -0.3 is 15.2 Å². The molecule has 2 N–H and O–H groups in total. The van der Waals surface area contributed by atoms with Crippen LogP contribution >= 0.6 is 11.6 Å². The Morgan fingerprint density at radius 1 is 1.17 bits per heavy atom. The lowest BCUT2D eigenvalue weighted by atomic mass is 10.1. The summed E-state index contributed by atoms with van der Waals surface area (Å²) in [5.74, 6) is 1.83. The van der Waals surface area contributed by atoms with Gasteiger partial charge in [0.15, 0.2) is 11.6 Å². The molecule has 0 unspecified atom stereocenters. The van der Waals surface area contributed by atoms with Gasteiger partial charge in [0.05, 0.1) is 19.8 Å². The van der Waals surface area contributed by atoms with Gasteiger partial charge in [0.1, 0.15) is 16.6 Å². The molecule has 1 aromatic heterocycles. The zero-order valence-electron chi connectivity index (χ0n) is 9.98. The molecular formula is C12H12ClN3O2. The van der Waals surface area contributed by atoms with Crippen LogP contribution in [-0.4, -0.2) is 24.2 Å². The quantitative estimate of drug-likeness (QED) is 0.923. The van der Waals surface area contributed by atoms with Crippen LogP contribution in [0.15, 0.2) is 24.4 Å². The largest absolute Gasteiger partial charge is 0.495 e. The number of benzene rings is 1. The molecule has 0 aliphatic rings. The highest BCUT2D eigenvalue weighted by Gasteiger charge is 2.16. The van der Waals surface area contributed by atoms with Crippen LogP contribution in [-0.2, 0) is 0 Å². The second-order valence-electron chi connectivity index (χ2n) is 3.47. The highest BCUT2D eigenvalue weighted by molar-refractivity contribution is 6.34. The van der Waals surface area contributed by atoms with Crippen molar-refractivity contribution in [1.29, 1.82) is 0 Å². The summed E-state index contributed by atoms with van der Waals surface area (Å²) in [5, 5.41) is 0.378. The van der Waals surface area contributed by atoms with Crippen molar-refractivity contribution < 1.29 is 9.47 Å². The number of aromatic nitrogens is 2. The van der Waals surface area contributed by atoms with Gasteiger partial charge in [-0.15, -0.1) is 0 Å². The molecule has 94 valence electrons. The van der Waals surface area contributed by atoms with E-state index in [2.05, 4.69) is 9.97 Å². The van der Waals surface area contributed by atoms with Crippen LogP contribution in [0.4, 0.5) is 5.82 Å². The maximum atomic E-state index is 6.17. The van der Waals surface area contributed by atoms with Crippen LogP contribution < -0.4 is 15.2 Å². The zero-order chi connectivity index (χ0) is 13.1. The number of nitrogen functional groups attached to an aromatic ring is 1. The minimum Gasteiger partial charge on any atom is -0.495 e. The van der Waals surface area contributed by atoms with E-state index in [9.17, 15) is 0 Å². The van der Waals surface area contributed by atoms with Crippen molar-refractivity contribution in [2.45, 2.75) is 0 Å². The highest BCUT2D eigenvalue weighted by Crippen LogP contribution is 2.40. The Morgan fingerprint density at radius 3 is 2.56 bits per heavy atom. The maximum Gasteiger partial charge on any atom is 0.165 e. The minimum absolute atomic E-state index is 0.378. The SMILES string of the molecule is COc1ccc(-c2nccc(N)n2)c(OC)c1Cl. The molecule has 0 amide bonds. The van der Waals surface area contributed by atoms with Gasteiger partial charge in [0.25, 0.3) is 0 Å². The van der Waals surface area contributed by atoms with Gasteiger partial charge in [-0.05, 0) is 18.2 Å². The van der Waals surface area contributed by atoms with Crippen molar-refractivity contribution in [2.75, 3.05) is 20.0 Å². The van der Waals surface area contributed by atoms with E-state index in [0.29, 0.717) is 33.7 Å². The lowest BCUT2D eigenvalue weighted by molar-refractivity contribution is 0.395. The fourth-order valence-electron chi connectivity index (χ4n) is 1.57. The van der Waals surface area contributed by atoms with Crippen molar-refractivity contribution in [3.8, 4) is 22.9 Å². The summed E-state index contributed by atoms with van der Waals surface area (Å²) >= 11 is 6.17. The lowest BCUT2D eigenvalue weighted by Crippen LogP contribution is -1.98. The highest BCUT2D eigenvalue weighted by atomic mass is 35.5. The van der Waals surface area contributed by atoms with Crippen molar-refractivity contribution >= 4 is 17.4 Å². The number of halogens is 1. The third kappa shape index (κ3) is 2.17. The van der Waals surface area contributed by atoms with Gasteiger partial charge in [-0.2, -0.15) is 0 Å². The molecule has 0 spiro atoms. The molecule has 6 heteroatoms. The molecule has 0 fully saturated rings. The Bertz CT molecular complexity index is 575. The van der Waals surface area contributed by atoms with E-state index < -0.39 is 0 Å². The zero-order valence-corrected chi connectivity index (χ0v) is 10.7. The summed E-state index contributed by atoms with van der Waals surface area (Å²) in [7, 11) is 3.06. The molecular weight excluding hydrogens is 254 g/mol. The van der Waals surface area contributed by atoms with Crippen molar-refractivity contribution in [1.82, 2.24) is 9.97 Å². The Hall–Kier alpha value is -2.01. The average Bonchev–Trinajstić information content (AvgIpc) is 2.38. The summed E-state index contributed by atoms with van der Waals surface area (Å²) < 4.78 is 10.4. The van der Waals surface area contributed by atoms with Gasteiger partial charge in [-0.1, -0.05) is 11.6 Å². The maximum absolute atomic E-state index is 6.17. The minimum atomic E-state index is 0.378. The second kappa shape index (κ2) is 5.10. The first-order chi connectivity index (χ1) is 8.67. The fourth-order valence-corrected chi connectivity index (χ4v) is 1.89. The Balaban J connectivity index is 2.61. The second-order valence-corrected chi connectivity index (χ2v) is 3.85. The van der Waals surface area contributed by atoms with Crippen LogP contribution in [0.1, 0.15) is 0 Å². The number of ether oxygens (including phenoxy) is 2. The Morgan fingerprint density at radius 2 is 1.94 bits per heavy atom. The molecule has 0 atom stereocenters. The molecule has 2 rings (SSSR count). The first-order valence-electron chi connectivity index (χ1n) is 5.16. The number of hydrogen-bond acceptors (Lipinski definition) is 5. The lowest BCUT2D eigenvalue weighted by Gasteiger charge is -2.12. The van der Waals surface area contributed by atoms with E-state index in [-0.39, 0.29) is 0 Å². The van der Waals surface area contributed by atoms with Crippen molar-refractivity contribution in [2.24, 2.45) is 0 Å². The van der Waals surface area contributed by atoms with Crippen molar-refractivity contribution in [3.63, 3.8) is 0 Å². The van der Waals surface area contributed by atoms with E-state index in [4.69, 9.17) is 26.8 Å². The normalized spacial score (nSPS) is 10.2. The van der Waals surface area contributed by atoms with E-state index in [1.54, 1.807) is 24.4 Å². The van der Waals surface area contributed by atoms with Gasteiger partial charge in [-0.3, -0.25) is 0 Å². The third-order valence-electron chi connectivity index (χ3n) is 2.40. The summed E-state index contributed by atoms with van der Waals surface area (Å²) in [6.45, 7) is 0. The number of nitrogens with zero attached hydrogens (tertiary/aromatic N) is 2. The first kappa shape index (κ1) is 12.4. The molecule has 0 bridgehead atoms. The predicted molar refractivity (Wildman–Crippen MR) is 70.0 cm³/mol. The molecule has 0 radical (unpaired) electrons. The molecule has 1 heterocycles. The Labute approximate surface area is 110 Å². The summed E-state index contributed by atoms with van der Waals surface area (Å²) in [5.41, 5.74) is 6.29. The first-order valence-corrected chi connectivity index (χ1v) is 5.54. The molecule has 0 aliphatic carbocycles. The number of methoxy groups -OCH3 is 2. The van der Waals surface area contributed by atoms with Gasteiger partial charge >= 0.3 is 0 Å². The molecule has 1 aromatic carbocycles. The molecule has 0 saturated heterocycles. The Kier molecular flexibility index (Phi) is 3.53. The van der Waals surface area contributed by atoms with Gasteiger partial charge in [-0.25, -0.2) is 9.97 Å². The molecule has 2 aromatic rings.